The molecule has 0 saturated carbocycles. The van der Waals surface area contributed by atoms with E-state index in [-0.39, 0.29) is 11.7 Å². The van der Waals surface area contributed by atoms with Gasteiger partial charge >= 0.3 is 5.97 Å². The molecule has 3 aromatic carbocycles. The zero-order valence-corrected chi connectivity index (χ0v) is 24.2. The Morgan fingerprint density at radius 1 is 0.725 bits per heavy atom. The molecule has 0 N–H and O–H groups in total. The van der Waals surface area contributed by atoms with Crippen molar-refractivity contribution in [2.75, 3.05) is 6.61 Å². The molecular weight excluding hydrogens is 496 g/mol. The van der Waals surface area contributed by atoms with Crippen LogP contribution in [0.5, 0.6) is 11.5 Å². The standard InChI is InChI=1S/C36H44O4/c1-4-6-8-10-11-13-27-39-33-23-19-30(20-24-33)29-15-17-32(18-16-29)36(38)40-34-25-21-31(22-26-34)35(37)28(3)14-12-9-7-5-2/h4,15-26,28H,1,5-14,27H2,2-3H3/t28-/m0/s1. The number of Topliss-reactive ketones (excluding diaryl/α,β-unsaturated/α-hetero) is 1. The largest absolute Gasteiger partial charge is 0.494 e. The van der Waals surface area contributed by atoms with Crippen LogP contribution in [0.3, 0.4) is 0 Å². The van der Waals surface area contributed by atoms with E-state index in [1.807, 2.05) is 49.4 Å². The van der Waals surface area contributed by atoms with E-state index in [4.69, 9.17) is 9.47 Å². The number of carbonyl (C=O) groups excluding carboxylic acids is 2. The Morgan fingerprint density at radius 3 is 1.95 bits per heavy atom. The summed E-state index contributed by atoms with van der Waals surface area (Å²) in [5.41, 5.74) is 3.19. The minimum absolute atomic E-state index is 0.00468. The Balaban J connectivity index is 1.46. The Bertz CT molecular complexity index is 1180. The zero-order chi connectivity index (χ0) is 28.6. The van der Waals surface area contributed by atoms with Gasteiger partial charge in [-0.05, 0) is 85.3 Å². The summed E-state index contributed by atoms with van der Waals surface area (Å²) >= 11 is 0. The summed E-state index contributed by atoms with van der Waals surface area (Å²) in [5.74, 6) is 0.996. The van der Waals surface area contributed by atoms with Gasteiger partial charge in [-0.3, -0.25) is 4.79 Å². The zero-order valence-electron chi connectivity index (χ0n) is 24.2. The monoisotopic (exact) mass is 540 g/mol. The Morgan fingerprint density at radius 2 is 1.30 bits per heavy atom. The lowest BCUT2D eigenvalue weighted by atomic mass is 9.94. The van der Waals surface area contributed by atoms with Crippen LogP contribution in [0.15, 0.2) is 85.5 Å². The average molecular weight is 541 g/mol. The number of allylic oxidation sites excluding steroid dienone is 1. The molecule has 0 heterocycles. The molecule has 0 bridgehead atoms. The second-order valence-electron chi connectivity index (χ2n) is 10.5. The van der Waals surface area contributed by atoms with Gasteiger partial charge in [-0.25, -0.2) is 4.79 Å². The van der Waals surface area contributed by atoms with Crippen LogP contribution in [-0.4, -0.2) is 18.4 Å². The van der Waals surface area contributed by atoms with Crippen molar-refractivity contribution in [3.05, 3.63) is 96.6 Å². The van der Waals surface area contributed by atoms with Crippen molar-refractivity contribution in [1.82, 2.24) is 0 Å². The molecule has 0 saturated heterocycles. The molecule has 4 nitrogen and oxygen atoms in total. The lowest BCUT2D eigenvalue weighted by Gasteiger charge is -2.11. The smallest absolute Gasteiger partial charge is 0.343 e. The molecule has 0 spiro atoms. The van der Waals surface area contributed by atoms with Crippen molar-refractivity contribution < 1.29 is 19.1 Å². The number of hydrogen-bond acceptors (Lipinski definition) is 4. The fourth-order valence-electron chi connectivity index (χ4n) is 4.62. The number of carbonyl (C=O) groups is 2. The topological polar surface area (TPSA) is 52.6 Å². The van der Waals surface area contributed by atoms with E-state index in [0.717, 1.165) is 49.2 Å². The molecule has 0 aliphatic carbocycles. The van der Waals surface area contributed by atoms with Gasteiger partial charge in [0.1, 0.15) is 11.5 Å². The highest BCUT2D eigenvalue weighted by Crippen LogP contribution is 2.24. The van der Waals surface area contributed by atoms with Crippen LogP contribution in [0.25, 0.3) is 11.1 Å². The molecule has 0 aliphatic rings. The molecule has 3 rings (SSSR count). The number of benzene rings is 3. The van der Waals surface area contributed by atoms with Gasteiger partial charge in [0.15, 0.2) is 5.78 Å². The number of unbranched alkanes of at least 4 members (excludes halogenated alkanes) is 7. The third-order valence-electron chi connectivity index (χ3n) is 7.17. The molecule has 0 aromatic heterocycles. The van der Waals surface area contributed by atoms with Gasteiger partial charge in [0.2, 0.25) is 0 Å². The number of ether oxygens (including phenoxy) is 2. The summed E-state index contributed by atoms with van der Waals surface area (Å²) in [6.45, 7) is 8.65. The summed E-state index contributed by atoms with van der Waals surface area (Å²) in [5, 5.41) is 0. The van der Waals surface area contributed by atoms with E-state index in [1.54, 1.807) is 36.4 Å². The first kappa shape index (κ1) is 30.9. The van der Waals surface area contributed by atoms with Crippen molar-refractivity contribution in [3.63, 3.8) is 0 Å². The SMILES string of the molecule is C=CCCCCCCOc1ccc(-c2ccc(C(=O)Oc3ccc(C(=O)[C@@H](C)CCCCCC)cc3)cc2)cc1. The number of hydrogen-bond donors (Lipinski definition) is 0. The van der Waals surface area contributed by atoms with Gasteiger partial charge in [-0.2, -0.15) is 0 Å². The molecule has 212 valence electrons. The molecule has 0 amide bonds. The molecule has 0 unspecified atom stereocenters. The fraction of sp³-hybridized carbons (Fsp3) is 0.389. The van der Waals surface area contributed by atoms with Gasteiger partial charge in [0, 0.05) is 11.5 Å². The summed E-state index contributed by atoms with van der Waals surface area (Å²) in [6, 6.07) is 22.3. The van der Waals surface area contributed by atoms with E-state index < -0.39 is 5.97 Å². The van der Waals surface area contributed by atoms with Crippen molar-refractivity contribution in [1.29, 1.82) is 0 Å². The average Bonchev–Trinajstić information content (AvgIpc) is 2.99. The summed E-state index contributed by atoms with van der Waals surface area (Å²) in [7, 11) is 0. The molecular formula is C36H44O4. The Kier molecular flexibility index (Phi) is 13.2. The lowest BCUT2D eigenvalue weighted by molar-refractivity contribution is 0.0734. The second-order valence-corrected chi connectivity index (χ2v) is 10.5. The van der Waals surface area contributed by atoms with Gasteiger partial charge in [0.05, 0.1) is 12.2 Å². The molecule has 0 radical (unpaired) electrons. The summed E-state index contributed by atoms with van der Waals surface area (Å²) in [6.07, 6.45) is 13.2. The van der Waals surface area contributed by atoms with E-state index in [1.165, 1.54) is 38.5 Å². The lowest BCUT2D eigenvalue weighted by Crippen LogP contribution is -2.12. The van der Waals surface area contributed by atoms with Crippen LogP contribution in [0.4, 0.5) is 0 Å². The van der Waals surface area contributed by atoms with E-state index in [9.17, 15) is 9.59 Å². The van der Waals surface area contributed by atoms with Gasteiger partial charge < -0.3 is 9.47 Å². The van der Waals surface area contributed by atoms with Crippen LogP contribution in [0.1, 0.15) is 98.8 Å². The minimum Gasteiger partial charge on any atom is -0.494 e. The quantitative estimate of drug-likeness (QED) is 0.0530. The van der Waals surface area contributed by atoms with E-state index in [0.29, 0.717) is 16.9 Å². The van der Waals surface area contributed by atoms with Crippen molar-refractivity contribution in [2.45, 2.75) is 78.1 Å². The van der Waals surface area contributed by atoms with Crippen molar-refractivity contribution in [2.24, 2.45) is 5.92 Å². The summed E-state index contributed by atoms with van der Waals surface area (Å²) < 4.78 is 11.4. The molecule has 1 atom stereocenters. The van der Waals surface area contributed by atoms with Crippen molar-refractivity contribution in [3.8, 4) is 22.6 Å². The Labute approximate surface area is 240 Å². The van der Waals surface area contributed by atoms with Crippen LogP contribution >= 0.6 is 0 Å². The maximum atomic E-state index is 12.7. The Hall–Kier alpha value is -3.66. The van der Waals surface area contributed by atoms with Crippen LogP contribution in [-0.2, 0) is 0 Å². The highest BCUT2D eigenvalue weighted by Gasteiger charge is 2.16. The first-order valence-electron chi connectivity index (χ1n) is 14.8. The molecule has 0 fully saturated rings. The minimum atomic E-state index is -0.428. The van der Waals surface area contributed by atoms with E-state index in [2.05, 4.69) is 13.5 Å². The third kappa shape index (κ3) is 10.1. The maximum absolute atomic E-state index is 12.7. The summed E-state index contributed by atoms with van der Waals surface area (Å²) in [4.78, 5) is 25.4. The number of esters is 1. The maximum Gasteiger partial charge on any atom is 0.343 e. The predicted molar refractivity (Wildman–Crippen MR) is 164 cm³/mol. The van der Waals surface area contributed by atoms with Crippen molar-refractivity contribution >= 4 is 11.8 Å². The van der Waals surface area contributed by atoms with E-state index >= 15 is 0 Å². The molecule has 4 heteroatoms. The fourth-order valence-corrected chi connectivity index (χ4v) is 4.62. The number of rotatable bonds is 18. The first-order chi connectivity index (χ1) is 19.5. The highest BCUT2D eigenvalue weighted by atomic mass is 16.5. The second kappa shape index (κ2) is 17.1. The van der Waals surface area contributed by atoms with Gasteiger partial charge in [-0.15, -0.1) is 6.58 Å². The van der Waals surface area contributed by atoms with Gasteiger partial charge in [-0.1, -0.05) is 82.7 Å². The number of ketones is 1. The highest BCUT2D eigenvalue weighted by molar-refractivity contribution is 5.98. The van der Waals surface area contributed by atoms with Crippen LogP contribution in [0.2, 0.25) is 0 Å². The van der Waals surface area contributed by atoms with Crippen LogP contribution < -0.4 is 9.47 Å². The normalized spacial score (nSPS) is 11.6. The van der Waals surface area contributed by atoms with Gasteiger partial charge in [0.25, 0.3) is 0 Å². The third-order valence-corrected chi connectivity index (χ3v) is 7.17. The molecule has 0 aliphatic heterocycles. The first-order valence-corrected chi connectivity index (χ1v) is 14.8. The molecule has 40 heavy (non-hydrogen) atoms. The predicted octanol–water partition coefficient (Wildman–Crippen LogP) is 9.88. The molecule has 3 aromatic rings. The van der Waals surface area contributed by atoms with Crippen LogP contribution in [0, 0.1) is 5.92 Å².